The first kappa shape index (κ1) is 8.35. The van der Waals surface area contributed by atoms with E-state index in [1.165, 1.54) is 0 Å². The van der Waals surface area contributed by atoms with Crippen LogP contribution in [0.1, 0.15) is 13.8 Å². The highest BCUT2D eigenvalue weighted by Crippen LogP contribution is 2.28. The summed E-state index contributed by atoms with van der Waals surface area (Å²) in [4.78, 5) is 0. The first-order valence-corrected chi connectivity index (χ1v) is 4.31. The van der Waals surface area contributed by atoms with Crippen molar-refractivity contribution in [3.05, 3.63) is 23.0 Å². The normalized spacial score (nSPS) is 26.8. The van der Waals surface area contributed by atoms with Crippen LogP contribution in [0.15, 0.2) is 28.2 Å². The number of hydrogen-bond donors (Lipinski definition) is 0. The van der Waals surface area contributed by atoms with Crippen molar-refractivity contribution in [2.45, 2.75) is 13.8 Å². The van der Waals surface area contributed by atoms with Gasteiger partial charge in [0, 0.05) is 0 Å². The van der Waals surface area contributed by atoms with Crippen LogP contribution in [0.3, 0.4) is 0 Å². The van der Waals surface area contributed by atoms with Crippen LogP contribution in [0.25, 0.3) is 0 Å². The van der Waals surface area contributed by atoms with Crippen molar-refractivity contribution in [1.29, 1.82) is 0 Å². The first-order chi connectivity index (χ1) is 6.09. The largest absolute Gasteiger partial charge is 0.204 e. The summed E-state index contributed by atoms with van der Waals surface area (Å²) < 4.78 is 15.3. The van der Waals surface area contributed by atoms with Gasteiger partial charge in [-0.25, -0.2) is 4.39 Å². The first-order valence-electron chi connectivity index (χ1n) is 4.31. The fraction of sp³-hybridized carbons (Fsp3) is 0.400. The molecular weight excluding hydrogens is 167 g/mol. The molecule has 13 heavy (non-hydrogen) atoms. The fourth-order valence-corrected chi connectivity index (χ4v) is 1.64. The number of halogens is 1. The van der Waals surface area contributed by atoms with Gasteiger partial charge in [0.2, 0.25) is 0 Å². The van der Waals surface area contributed by atoms with Gasteiger partial charge in [-0.2, -0.15) is 0 Å². The van der Waals surface area contributed by atoms with Crippen molar-refractivity contribution in [2.75, 3.05) is 7.05 Å². The molecule has 0 aromatic heterocycles. The van der Waals surface area contributed by atoms with Gasteiger partial charge in [-0.15, -0.1) is 0 Å². The van der Waals surface area contributed by atoms with Gasteiger partial charge in [0.1, 0.15) is 5.92 Å². The van der Waals surface area contributed by atoms with Crippen LogP contribution in [0.5, 0.6) is 0 Å². The van der Waals surface area contributed by atoms with Crippen LogP contribution in [0, 0.1) is 5.92 Å². The zero-order valence-corrected chi connectivity index (χ0v) is 8.00. The van der Waals surface area contributed by atoms with Crippen molar-refractivity contribution >= 4 is 11.9 Å². The van der Waals surface area contributed by atoms with Gasteiger partial charge in [0.15, 0.2) is 24.8 Å². The molecule has 0 N–H and O–H groups in total. The van der Waals surface area contributed by atoms with Gasteiger partial charge >= 0.3 is 0 Å². The molecule has 2 rings (SSSR count). The molecule has 1 aliphatic carbocycles. The number of allylic oxidation sites excluding steroid dienone is 4. The van der Waals surface area contributed by atoms with Crippen molar-refractivity contribution in [1.82, 2.24) is 0 Å². The molecular formula is C10H12FN2+. The van der Waals surface area contributed by atoms with Crippen LogP contribution in [-0.4, -0.2) is 23.7 Å². The molecule has 0 aromatic carbocycles. The second-order valence-corrected chi connectivity index (χ2v) is 3.52. The molecule has 1 atom stereocenters. The summed E-state index contributed by atoms with van der Waals surface area (Å²) in [5, 5.41) is 4.09. The van der Waals surface area contributed by atoms with Crippen LogP contribution < -0.4 is 0 Å². The number of fused-ring (bicyclic) bond motifs is 1. The van der Waals surface area contributed by atoms with Crippen molar-refractivity contribution in [3.63, 3.8) is 0 Å². The van der Waals surface area contributed by atoms with Crippen LogP contribution >= 0.6 is 0 Å². The molecule has 0 fully saturated rings. The predicted octanol–water partition coefficient (Wildman–Crippen LogP) is 1.89. The Bertz CT molecular complexity index is 386. The molecule has 2 nitrogen and oxygen atoms in total. The third kappa shape index (κ3) is 1.15. The summed E-state index contributed by atoms with van der Waals surface area (Å²) in [5.41, 5.74) is 2.26. The molecule has 68 valence electrons. The van der Waals surface area contributed by atoms with E-state index in [9.17, 15) is 4.39 Å². The number of hydrogen-bond acceptors (Lipinski definition) is 1. The zero-order valence-electron chi connectivity index (χ0n) is 8.00. The smallest absolute Gasteiger partial charge is 0.185 e. The van der Waals surface area contributed by atoms with Crippen molar-refractivity contribution in [3.8, 4) is 0 Å². The molecule has 0 bridgehead atoms. The third-order valence-corrected chi connectivity index (χ3v) is 2.53. The average Bonchev–Trinajstić information content (AvgIpc) is 2.42. The van der Waals surface area contributed by atoms with Gasteiger partial charge in [-0.3, -0.25) is 0 Å². The minimum Gasteiger partial charge on any atom is -0.204 e. The standard InChI is InChI=1S/C10H12FN2/c1-6-4-8-5-13(3)12-10(8)9(11)7(6)2/h4-5,8H,1-3H3/q+1. The van der Waals surface area contributed by atoms with Gasteiger partial charge in [-0.05, 0) is 30.1 Å². The van der Waals surface area contributed by atoms with Gasteiger partial charge in [-0.1, -0.05) is 10.8 Å². The number of nitrogens with zero attached hydrogens (tertiary/aromatic N) is 2. The monoisotopic (exact) mass is 179 g/mol. The van der Waals surface area contributed by atoms with Gasteiger partial charge in [0.05, 0.1) is 0 Å². The topological polar surface area (TPSA) is 15.4 Å². The summed E-state index contributed by atoms with van der Waals surface area (Å²) in [5.74, 6) is -0.126. The molecule has 2 aliphatic rings. The van der Waals surface area contributed by atoms with E-state index < -0.39 is 0 Å². The van der Waals surface area contributed by atoms with E-state index in [4.69, 9.17) is 0 Å². The van der Waals surface area contributed by atoms with Crippen LogP contribution in [-0.2, 0) is 0 Å². The predicted molar refractivity (Wildman–Crippen MR) is 50.7 cm³/mol. The molecule has 0 amide bonds. The summed E-state index contributed by atoms with van der Waals surface area (Å²) in [6.07, 6.45) is 3.95. The second kappa shape index (κ2) is 2.62. The van der Waals surface area contributed by atoms with E-state index in [2.05, 4.69) is 5.10 Å². The van der Waals surface area contributed by atoms with E-state index in [1.807, 2.05) is 26.3 Å². The molecule has 0 spiro atoms. The molecule has 0 radical (unpaired) electrons. The van der Waals surface area contributed by atoms with E-state index >= 15 is 0 Å². The highest BCUT2D eigenvalue weighted by atomic mass is 19.1. The highest BCUT2D eigenvalue weighted by molar-refractivity contribution is 6.11. The molecule has 1 unspecified atom stereocenters. The third-order valence-electron chi connectivity index (χ3n) is 2.53. The summed E-state index contributed by atoms with van der Waals surface area (Å²) in [6.45, 7) is 3.72. The quantitative estimate of drug-likeness (QED) is 0.505. The Balaban J connectivity index is 2.53. The summed E-state index contributed by atoms with van der Waals surface area (Å²) >= 11 is 0. The Hall–Kier alpha value is -1.25. The summed E-state index contributed by atoms with van der Waals surface area (Å²) in [7, 11) is 1.82. The van der Waals surface area contributed by atoms with E-state index in [0.717, 1.165) is 5.57 Å². The SMILES string of the molecule is CC1=CC2C=[N+](C)N=C2C(F)=C1C. The van der Waals surface area contributed by atoms with Crippen LogP contribution in [0.2, 0.25) is 0 Å². The van der Waals surface area contributed by atoms with Gasteiger partial charge in [0.25, 0.3) is 0 Å². The average molecular weight is 179 g/mol. The Morgan fingerprint density at radius 1 is 1.46 bits per heavy atom. The Kier molecular flexibility index (Phi) is 1.68. The molecule has 1 heterocycles. The maximum Gasteiger partial charge on any atom is 0.185 e. The lowest BCUT2D eigenvalue weighted by atomic mass is 9.90. The second-order valence-electron chi connectivity index (χ2n) is 3.52. The Morgan fingerprint density at radius 2 is 2.15 bits per heavy atom. The maximum atomic E-state index is 13.6. The lowest BCUT2D eigenvalue weighted by Gasteiger charge is -2.12. The van der Waals surface area contributed by atoms with E-state index in [-0.39, 0.29) is 11.7 Å². The zero-order chi connectivity index (χ0) is 9.59. The molecule has 3 heteroatoms. The molecule has 0 aromatic rings. The minimum absolute atomic E-state index is 0.0358. The Morgan fingerprint density at radius 3 is 2.85 bits per heavy atom. The van der Waals surface area contributed by atoms with Crippen molar-refractivity contribution in [2.24, 2.45) is 11.0 Å². The number of hydrazone groups is 1. The maximum absolute atomic E-state index is 13.6. The molecule has 0 saturated heterocycles. The molecule has 1 aliphatic heterocycles. The van der Waals surface area contributed by atoms with Crippen molar-refractivity contribution < 1.29 is 9.07 Å². The summed E-state index contributed by atoms with van der Waals surface area (Å²) in [6, 6.07) is 0. The lowest BCUT2D eigenvalue weighted by Crippen LogP contribution is -2.16. The lowest BCUT2D eigenvalue weighted by molar-refractivity contribution is -0.495. The molecule has 0 saturated carbocycles. The van der Waals surface area contributed by atoms with Gasteiger partial charge < -0.3 is 0 Å². The minimum atomic E-state index is -0.161. The van der Waals surface area contributed by atoms with E-state index in [0.29, 0.717) is 11.3 Å². The van der Waals surface area contributed by atoms with Crippen LogP contribution in [0.4, 0.5) is 4.39 Å². The number of rotatable bonds is 0. The fourth-order valence-electron chi connectivity index (χ4n) is 1.64. The Labute approximate surface area is 76.8 Å². The highest BCUT2D eigenvalue weighted by Gasteiger charge is 2.32. The van der Waals surface area contributed by atoms with E-state index in [1.54, 1.807) is 11.6 Å².